The Labute approximate surface area is 178 Å². The Kier molecular flexibility index (Phi) is 5.53. The van der Waals surface area contributed by atoms with E-state index in [2.05, 4.69) is 20.6 Å². The number of anilines is 2. The molecule has 8 heteroatoms. The van der Waals surface area contributed by atoms with E-state index in [4.69, 9.17) is 0 Å². The smallest absolute Gasteiger partial charge is 0.295 e. The molecule has 2 heterocycles. The zero-order chi connectivity index (χ0) is 21.8. The van der Waals surface area contributed by atoms with Crippen molar-refractivity contribution in [3.63, 3.8) is 0 Å². The largest absolute Gasteiger partial charge is 0.380 e. The molecule has 4 aromatic rings. The number of carbonyl (C=O) groups is 1. The number of amides is 1. The molecule has 0 saturated carbocycles. The van der Waals surface area contributed by atoms with Crippen molar-refractivity contribution in [1.29, 1.82) is 0 Å². The number of rotatable bonds is 6. The number of carbonyl (C=O) groups excluding carboxylic acids is 1. The first-order chi connectivity index (χ1) is 15.0. The molecule has 8 nitrogen and oxygen atoms in total. The molecule has 2 aromatic carbocycles. The maximum atomic E-state index is 12.2. The molecular weight excluding hydrogens is 394 g/mol. The Morgan fingerprint density at radius 3 is 2.52 bits per heavy atom. The molecule has 4 rings (SSSR count). The highest BCUT2D eigenvalue weighted by Crippen LogP contribution is 2.30. The lowest BCUT2D eigenvalue weighted by atomic mass is 10.1. The van der Waals surface area contributed by atoms with E-state index in [9.17, 15) is 14.9 Å². The third-order valence-electron chi connectivity index (χ3n) is 4.78. The molecular formula is C23H19N5O3. The van der Waals surface area contributed by atoms with Crippen LogP contribution in [0.1, 0.15) is 21.6 Å². The number of benzene rings is 2. The molecule has 0 radical (unpaired) electrons. The first kappa shape index (κ1) is 20.0. The Balaban J connectivity index is 1.49. The van der Waals surface area contributed by atoms with Crippen molar-refractivity contribution in [3.05, 3.63) is 100.0 Å². The maximum Gasteiger partial charge on any atom is 0.295 e. The van der Waals surface area contributed by atoms with Crippen LogP contribution in [0.4, 0.5) is 17.1 Å². The van der Waals surface area contributed by atoms with Crippen molar-refractivity contribution in [2.75, 3.05) is 10.6 Å². The second-order valence-corrected chi connectivity index (χ2v) is 6.98. The molecule has 0 atom stereocenters. The standard InChI is InChI=1S/C23H19N5O3/c1-15-13-20(19-3-2-4-21(28(30)31)22(19)26-15)25-14-16-5-7-18(8-6-16)27-23(29)17-9-11-24-12-10-17/h2-13H,14H2,1H3,(H,25,26)(H,27,29). The van der Waals surface area contributed by atoms with Crippen molar-refractivity contribution < 1.29 is 9.72 Å². The van der Waals surface area contributed by atoms with Gasteiger partial charge in [-0.3, -0.25) is 19.9 Å². The van der Waals surface area contributed by atoms with Crippen LogP contribution < -0.4 is 10.6 Å². The number of non-ortho nitro benzene ring substituents is 1. The van der Waals surface area contributed by atoms with E-state index in [1.807, 2.05) is 43.3 Å². The van der Waals surface area contributed by atoms with E-state index in [0.717, 1.165) is 11.3 Å². The van der Waals surface area contributed by atoms with Crippen LogP contribution >= 0.6 is 0 Å². The topological polar surface area (TPSA) is 110 Å². The second kappa shape index (κ2) is 8.58. The lowest BCUT2D eigenvalue weighted by Crippen LogP contribution is -2.11. The molecule has 1 amide bonds. The minimum atomic E-state index is -0.419. The normalized spacial score (nSPS) is 10.6. The average Bonchev–Trinajstić information content (AvgIpc) is 2.78. The van der Waals surface area contributed by atoms with Gasteiger partial charge in [-0.2, -0.15) is 0 Å². The predicted octanol–water partition coefficient (Wildman–Crippen LogP) is 4.71. The van der Waals surface area contributed by atoms with Gasteiger partial charge < -0.3 is 10.6 Å². The number of nitro groups is 1. The van der Waals surface area contributed by atoms with Crippen molar-refractivity contribution in [2.24, 2.45) is 0 Å². The van der Waals surface area contributed by atoms with Crippen LogP contribution in [0, 0.1) is 17.0 Å². The number of aryl methyl sites for hydroxylation is 1. The molecule has 2 aromatic heterocycles. The van der Waals surface area contributed by atoms with Crippen LogP contribution in [0.15, 0.2) is 73.1 Å². The third-order valence-corrected chi connectivity index (χ3v) is 4.78. The van der Waals surface area contributed by atoms with Crippen LogP contribution in [0.25, 0.3) is 10.9 Å². The van der Waals surface area contributed by atoms with Gasteiger partial charge in [-0.25, -0.2) is 4.98 Å². The van der Waals surface area contributed by atoms with Gasteiger partial charge in [0.1, 0.15) is 0 Å². The number of hydrogen-bond donors (Lipinski definition) is 2. The maximum absolute atomic E-state index is 12.2. The molecule has 0 aliphatic carbocycles. The summed E-state index contributed by atoms with van der Waals surface area (Å²) in [5, 5.41) is 18.2. The van der Waals surface area contributed by atoms with Crippen LogP contribution in [0.2, 0.25) is 0 Å². The fraction of sp³-hybridized carbons (Fsp3) is 0.0870. The van der Waals surface area contributed by atoms with E-state index >= 15 is 0 Å². The summed E-state index contributed by atoms with van der Waals surface area (Å²) in [5.41, 5.74) is 4.04. The van der Waals surface area contributed by atoms with Gasteiger partial charge in [-0.05, 0) is 42.8 Å². The Hall–Kier alpha value is -4.33. The SMILES string of the molecule is Cc1cc(NCc2ccc(NC(=O)c3ccncc3)cc2)c2cccc([N+](=O)[O-])c2n1. The predicted molar refractivity (Wildman–Crippen MR) is 119 cm³/mol. The minimum absolute atomic E-state index is 0.0152. The quantitative estimate of drug-likeness (QED) is 0.350. The minimum Gasteiger partial charge on any atom is -0.380 e. The molecule has 0 aliphatic rings. The van der Waals surface area contributed by atoms with E-state index in [1.165, 1.54) is 6.07 Å². The number of nitro benzene ring substituents is 1. The first-order valence-electron chi connectivity index (χ1n) is 9.60. The summed E-state index contributed by atoms with van der Waals surface area (Å²) >= 11 is 0. The summed E-state index contributed by atoms with van der Waals surface area (Å²) in [6.07, 6.45) is 3.14. The number of aromatic nitrogens is 2. The monoisotopic (exact) mass is 413 g/mol. The summed E-state index contributed by atoms with van der Waals surface area (Å²) in [5.74, 6) is -0.200. The van der Waals surface area contributed by atoms with E-state index in [0.29, 0.717) is 34.4 Å². The number of nitrogens with one attached hydrogen (secondary N) is 2. The highest BCUT2D eigenvalue weighted by molar-refractivity contribution is 6.04. The molecule has 2 N–H and O–H groups in total. The van der Waals surface area contributed by atoms with Crippen molar-refractivity contribution in [3.8, 4) is 0 Å². The van der Waals surface area contributed by atoms with Gasteiger partial charge in [-0.1, -0.05) is 24.3 Å². The highest BCUT2D eigenvalue weighted by atomic mass is 16.6. The second-order valence-electron chi connectivity index (χ2n) is 6.98. The van der Waals surface area contributed by atoms with Gasteiger partial charge in [0.15, 0.2) is 5.52 Å². The van der Waals surface area contributed by atoms with E-state index in [1.54, 1.807) is 30.6 Å². The summed E-state index contributed by atoms with van der Waals surface area (Å²) in [7, 11) is 0. The molecule has 0 fully saturated rings. The van der Waals surface area contributed by atoms with Gasteiger partial charge in [0.05, 0.1) is 4.92 Å². The van der Waals surface area contributed by atoms with Crippen molar-refractivity contribution >= 4 is 33.9 Å². The Morgan fingerprint density at radius 1 is 1.06 bits per heavy atom. The van der Waals surface area contributed by atoms with Crippen molar-refractivity contribution in [2.45, 2.75) is 13.5 Å². The fourth-order valence-corrected chi connectivity index (χ4v) is 3.26. The summed E-state index contributed by atoms with van der Waals surface area (Å²) in [6, 6.07) is 17.6. The van der Waals surface area contributed by atoms with E-state index < -0.39 is 4.92 Å². The van der Waals surface area contributed by atoms with Crippen molar-refractivity contribution in [1.82, 2.24) is 9.97 Å². The lowest BCUT2D eigenvalue weighted by molar-refractivity contribution is -0.383. The molecule has 31 heavy (non-hydrogen) atoms. The summed E-state index contributed by atoms with van der Waals surface area (Å²) < 4.78 is 0. The molecule has 0 bridgehead atoms. The van der Waals surface area contributed by atoms with Crippen LogP contribution in [-0.4, -0.2) is 20.8 Å². The Bertz CT molecular complexity index is 1260. The van der Waals surface area contributed by atoms with Gasteiger partial charge in [0.25, 0.3) is 11.6 Å². The van der Waals surface area contributed by atoms with Gasteiger partial charge in [0, 0.05) is 53.0 Å². The number of para-hydroxylation sites is 1. The zero-order valence-corrected chi connectivity index (χ0v) is 16.7. The van der Waals surface area contributed by atoms with Gasteiger partial charge in [0.2, 0.25) is 0 Å². The molecule has 0 unspecified atom stereocenters. The zero-order valence-electron chi connectivity index (χ0n) is 16.7. The van der Waals surface area contributed by atoms with Gasteiger partial charge >= 0.3 is 0 Å². The van der Waals surface area contributed by atoms with Crippen LogP contribution in [0.5, 0.6) is 0 Å². The lowest BCUT2D eigenvalue weighted by Gasteiger charge is -2.12. The fourth-order valence-electron chi connectivity index (χ4n) is 3.26. The molecule has 0 saturated heterocycles. The van der Waals surface area contributed by atoms with Gasteiger partial charge in [-0.15, -0.1) is 0 Å². The number of pyridine rings is 2. The number of fused-ring (bicyclic) bond motifs is 1. The van der Waals surface area contributed by atoms with E-state index in [-0.39, 0.29) is 11.6 Å². The number of hydrogen-bond acceptors (Lipinski definition) is 6. The summed E-state index contributed by atoms with van der Waals surface area (Å²) in [6.45, 7) is 2.32. The molecule has 0 spiro atoms. The van der Waals surface area contributed by atoms with Crippen LogP contribution in [0.3, 0.4) is 0 Å². The Morgan fingerprint density at radius 2 is 1.81 bits per heavy atom. The number of nitrogens with zero attached hydrogens (tertiary/aromatic N) is 3. The average molecular weight is 413 g/mol. The first-order valence-corrected chi connectivity index (χ1v) is 9.60. The molecule has 154 valence electrons. The highest BCUT2D eigenvalue weighted by Gasteiger charge is 2.15. The molecule has 0 aliphatic heterocycles. The van der Waals surface area contributed by atoms with Crippen LogP contribution in [-0.2, 0) is 6.54 Å². The summed E-state index contributed by atoms with van der Waals surface area (Å²) in [4.78, 5) is 31.4. The third kappa shape index (κ3) is 4.48.